The Balaban J connectivity index is 2.17. The molecule has 0 radical (unpaired) electrons. The normalized spacial score (nSPS) is 17.9. The average molecular weight is 290 g/mol. The van der Waals surface area contributed by atoms with Crippen LogP contribution in [-0.4, -0.2) is 19.9 Å². The molecule has 0 amide bonds. The molecular weight excluding hydrogens is 272 g/mol. The summed E-state index contributed by atoms with van der Waals surface area (Å²) in [4.78, 5) is 13.5. The lowest BCUT2D eigenvalue weighted by atomic mass is 10.1. The Kier molecular flexibility index (Phi) is 3.66. The molecule has 0 aromatic carbocycles. The van der Waals surface area contributed by atoms with Gasteiger partial charge < -0.3 is 4.98 Å². The molecule has 7 heteroatoms. The van der Waals surface area contributed by atoms with E-state index in [9.17, 15) is 13.2 Å². The highest BCUT2D eigenvalue weighted by Gasteiger charge is 2.41. The van der Waals surface area contributed by atoms with Crippen LogP contribution in [0, 0.1) is 5.41 Å². The maximum Gasteiger partial charge on any atom is 0.306 e. The average Bonchev–Trinajstić information content (AvgIpc) is 3.02. The zero-order valence-electron chi connectivity index (χ0n) is 10.6. The van der Waals surface area contributed by atoms with Crippen molar-refractivity contribution in [2.24, 2.45) is 5.41 Å². The lowest BCUT2D eigenvalue weighted by Crippen LogP contribution is -2.30. The Morgan fingerprint density at radius 3 is 2.56 bits per heavy atom. The van der Waals surface area contributed by atoms with Crippen LogP contribution >= 0.6 is 11.3 Å². The van der Waals surface area contributed by atoms with E-state index in [2.05, 4.69) is 16.6 Å². The fourth-order valence-electron chi connectivity index (χ4n) is 1.94. The van der Waals surface area contributed by atoms with Crippen molar-refractivity contribution < 1.29 is 8.42 Å². The minimum absolute atomic E-state index is 0.141. The number of aryl methyl sites for hydroxylation is 1. The number of sulfonamides is 1. The highest BCUT2D eigenvalue weighted by molar-refractivity contribution is 7.91. The highest BCUT2D eigenvalue weighted by Crippen LogP contribution is 2.48. The molecule has 0 atom stereocenters. The lowest BCUT2D eigenvalue weighted by Gasteiger charge is -2.13. The van der Waals surface area contributed by atoms with Crippen LogP contribution in [0.25, 0.3) is 0 Å². The molecule has 0 spiro atoms. The second kappa shape index (κ2) is 4.79. The minimum atomic E-state index is -3.55. The summed E-state index contributed by atoms with van der Waals surface area (Å²) < 4.78 is 27.1. The lowest BCUT2D eigenvalue weighted by molar-refractivity contribution is 0.476. The standard InChI is InChI=1S/C11H18N2O3S2/c1-3-8-9(17-10(14)13-8)18(15,16)12-7-11(4-2)5-6-11/h12H,3-7H2,1-2H3,(H,13,14). The Bertz CT molecular complexity index is 582. The molecule has 1 aliphatic carbocycles. The van der Waals surface area contributed by atoms with Gasteiger partial charge >= 0.3 is 4.87 Å². The molecule has 1 heterocycles. The Hall–Kier alpha value is -0.660. The predicted octanol–water partition coefficient (Wildman–Crippen LogP) is 1.47. The van der Waals surface area contributed by atoms with E-state index in [-0.39, 0.29) is 14.5 Å². The maximum atomic E-state index is 12.2. The third-order valence-corrected chi connectivity index (χ3v) is 6.51. The Morgan fingerprint density at radius 2 is 2.06 bits per heavy atom. The molecule has 5 nitrogen and oxygen atoms in total. The molecule has 0 aliphatic heterocycles. The number of aromatic amines is 1. The van der Waals surface area contributed by atoms with Crippen molar-refractivity contribution in [3.63, 3.8) is 0 Å². The van der Waals surface area contributed by atoms with Crippen molar-refractivity contribution in [1.82, 2.24) is 9.71 Å². The summed E-state index contributed by atoms with van der Waals surface area (Å²) in [6.45, 7) is 4.37. The molecule has 2 rings (SSSR count). The van der Waals surface area contributed by atoms with Crippen molar-refractivity contribution >= 4 is 21.4 Å². The van der Waals surface area contributed by atoms with Crippen LogP contribution in [0.4, 0.5) is 0 Å². The maximum absolute atomic E-state index is 12.2. The summed E-state index contributed by atoms with van der Waals surface area (Å²) in [5, 5.41) is 0. The molecule has 0 saturated heterocycles. The smallest absolute Gasteiger partial charge is 0.306 e. The van der Waals surface area contributed by atoms with Gasteiger partial charge in [-0.05, 0) is 31.1 Å². The van der Waals surface area contributed by atoms with Gasteiger partial charge in [0.2, 0.25) is 0 Å². The van der Waals surface area contributed by atoms with E-state index in [0.717, 1.165) is 30.6 Å². The quantitative estimate of drug-likeness (QED) is 0.832. The summed E-state index contributed by atoms with van der Waals surface area (Å²) in [6.07, 6.45) is 3.65. The van der Waals surface area contributed by atoms with Gasteiger partial charge in [-0.1, -0.05) is 25.2 Å². The molecular formula is C11H18N2O3S2. The molecule has 1 fully saturated rings. The first-order valence-corrected chi connectivity index (χ1v) is 8.44. The van der Waals surface area contributed by atoms with Gasteiger partial charge in [0, 0.05) is 12.2 Å². The first kappa shape index (κ1) is 13.8. The second-order valence-electron chi connectivity index (χ2n) is 4.81. The molecule has 1 aromatic heterocycles. The van der Waals surface area contributed by atoms with Gasteiger partial charge in [0.15, 0.2) is 4.21 Å². The van der Waals surface area contributed by atoms with Crippen molar-refractivity contribution in [2.45, 2.75) is 43.7 Å². The van der Waals surface area contributed by atoms with Gasteiger partial charge in [-0.3, -0.25) is 4.79 Å². The number of thiazole rings is 1. The van der Waals surface area contributed by atoms with Crippen LogP contribution in [0.5, 0.6) is 0 Å². The molecule has 18 heavy (non-hydrogen) atoms. The van der Waals surface area contributed by atoms with Crippen molar-refractivity contribution in [3.8, 4) is 0 Å². The number of rotatable bonds is 6. The van der Waals surface area contributed by atoms with Crippen LogP contribution in [0.3, 0.4) is 0 Å². The zero-order chi connectivity index (χ0) is 13.4. The minimum Gasteiger partial charge on any atom is -0.315 e. The number of H-pyrrole nitrogens is 1. The fourth-order valence-corrected chi connectivity index (χ4v) is 4.59. The van der Waals surface area contributed by atoms with Crippen molar-refractivity contribution in [3.05, 3.63) is 15.4 Å². The van der Waals surface area contributed by atoms with Gasteiger partial charge in [-0.25, -0.2) is 13.1 Å². The summed E-state index contributed by atoms with van der Waals surface area (Å²) >= 11 is 0.763. The molecule has 2 N–H and O–H groups in total. The third kappa shape index (κ3) is 2.67. The topological polar surface area (TPSA) is 79.0 Å². The van der Waals surface area contributed by atoms with Gasteiger partial charge in [-0.2, -0.15) is 0 Å². The first-order valence-electron chi connectivity index (χ1n) is 6.14. The van der Waals surface area contributed by atoms with Crippen molar-refractivity contribution in [2.75, 3.05) is 6.54 Å². The van der Waals surface area contributed by atoms with E-state index in [0.29, 0.717) is 18.7 Å². The molecule has 0 bridgehead atoms. The summed E-state index contributed by atoms with van der Waals surface area (Å²) in [7, 11) is -3.55. The van der Waals surface area contributed by atoms with E-state index >= 15 is 0 Å². The van der Waals surface area contributed by atoms with Crippen LogP contribution in [0.2, 0.25) is 0 Å². The summed E-state index contributed by atoms with van der Waals surface area (Å²) in [6, 6.07) is 0. The fraction of sp³-hybridized carbons (Fsp3) is 0.727. The zero-order valence-corrected chi connectivity index (χ0v) is 12.2. The van der Waals surface area contributed by atoms with Gasteiger partial charge in [-0.15, -0.1) is 0 Å². The highest BCUT2D eigenvalue weighted by atomic mass is 32.2. The molecule has 1 aromatic rings. The monoisotopic (exact) mass is 290 g/mol. The predicted molar refractivity (Wildman–Crippen MR) is 71.5 cm³/mol. The van der Waals surface area contributed by atoms with E-state index < -0.39 is 10.0 Å². The Morgan fingerprint density at radius 1 is 1.39 bits per heavy atom. The Labute approximate surface area is 111 Å². The van der Waals surface area contributed by atoms with Gasteiger partial charge in [0.1, 0.15) is 0 Å². The van der Waals surface area contributed by atoms with Crippen LogP contribution in [-0.2, 0) is 16.4 Å². The van der Waals surface area contributed by atoms with E-state index in [1.54, 1.807) is 0 Å². The first-order chi connectivity index (χ1) is 8.42. The summed E-state index contributed by atoms with van der Waals surface area (Å²) in [5.74, 6) is 0. The van der Waals surface area contributed by atoms with E-state index in [1.165, 1.54) is 0 Å². The van der Waals surface area contributed by atoms with Crippen LogP contribution < -0.4 is 9.60 Å². The molecule has 1 aliphatic rings. The molecule has 102 valence electrons. The van der Waals surface area contributed by atoms with Gasteiger partial charge in [0.25, 0.3) is 10.0 Å². The number of nitrogens with one attached hydrogen (secondary N) is 2. The van der Waals surface area contributed by atoms with Crippen molar-refractivity contribution in [1.29, 1.82) is 0 Å². The SMILES string of the molecule is CCc1[nH]c(=O)sc1S(=O)(=O)NCC1(CC)CC1. The van der Waals surface area contributed by atoms with E-state index in [1.807, 2.05) is 6.92 Å². The van der Waals surface area contributed by atoms with Crippen LogP contribution in [0.15, 0.2) is 9.00 Å². The molecule has 1 saturated carbocycles. The number of hydrogen-bond acceptors (Lipinski definition) is 4. The van der Waals surface area contributed by atoms with E-state index in [4.69, 9.17) is 0 Å². The number of aromatic nitrogens is 1. The van der Waals surface area contributed by atoms with Crippen LogP contribution in [0.1, 0.15) is 38.8 Å². The van der Waals surface area contributed by atoms with Gasteiger partial charge in [0.05, 0.1) is 0 Å². The third-order valence-electron chi connectivity index (χ3n) is 3.63. The summed E-state index contributed by atoms with van der Waals surface area (Å²) in [5.41, 5.74) is 0.652. The molecule has 0 unspecified atom stereocenters. The number of hydrogen-bond donors (Lipinski definition) is 2. The second-order valence-corrected chi connectivity index (χ2v) is 7.76. The largest absolute Gasteiger partial charge is 0.315 e.